The van der Waals surface area contributed by atoms with Crippen molar-refractivity contribution >= 4 is 6.16 Å². The molecule has 0 heterocycles. The summed E-state index contributed by atoms with van der Waals surface area (Å²) in [6.45, 7) is 0. The molecule has 0 amide bonds. The molecule has 28 valence electrons. The first-order valence-corrected chi connectivity index (χ1v) is 0.612. The molecule has 0 radical (unpaired) electrons. The van der Waals surface area contributed by atoms with E-state index in [0.717, 1.165) is 0 Å². The van der Waals surface area contributed by atoms with Crippen LogP contribution in [0.3, 0.4) is 0 Å². The van der Waals surface area contributed by atoms with E-state index in [-0.39, 0.29) is 143 Å². The van der Waals surface area contributed by atoms with Crippen LogP contribution in [-0.4, -0.2) is 6.16 Å². The van der Waals surface area contributed by atoms with Gasteiger partial charge in [-0.2, -0.15) is 0 Å². The van der Waals surface area contributed by atoms with Gasteiger partial charge < -0.3 is 17.9 Å². The van der Waals surface area contributed by atoms with Crippen LogP contribution in [0.25, 0.3) is 0 Å². The largest absolute Gasteiger partial charge is 1.00 e. The normalized spacial score (nSPS) is 3.00. The Morgan fingerprint density at radius 3 is 1.12 bits per heavy atom. The second kappa shape index (κ2) is 22.4. The first kappa shape index (κ1) is 29.8. The Morgan fingerprint density at radius 1 is 1.12 bits per heavy atom. The molecule has 0 aromatic rings. The van der Waals surface area contributed by atoms with Crippen LogP contribution in [-0.2, 0) is 0 Å². The summed E-state index contributed by atoms with van der Waals surface area (Å²) in [5, 5.41) is 16.7. The smallest absolute Gasteiger partial charge is 1.00 e. The van der Waals surface area contributed by atoms with E-state index >= 15 is 0 Å². The van der Waals surface area contributed by atoms with Crippen LogP contribution in [0.2, 0.25) is 0 Å². The fourth-order valence-corrected chi connectivity index (χ4v) is 0. The molecular weight excluding hydrogens is 152 g/mol. The molecule has 0 aliphatic heterocycles. The molecule has 8 heavy (non-hydrogen) atoms. The Bertz CT molecular complexity index is 45.5. The van der Waals surface area contributed by atoms with Crippen LogP contribution in [0.4, 0.5) is 4.79 Å². The molecule has 0 saturated carbocycles. The predicted octanol–water partition coefficient (Wildman–Crippen LogP) is -14.2. The zero-order valence-corrected chi connectivity index (χ0v) is 12.0. The maximum Gasteiger partial charge on any atom is 1.00 e. The third kappa shape index (κ3) is 53.2. The van der Waals surface area contributed by atoms with Crippen molar-refractivity contribution in [3.63, 3.8) is 0 Å². The number of carbonyl (C=O) groups excluding carboxylic acids is 1. The topological polar surface area (TPSA) is 63.2 Å². The van der Waals surface area contributed by atoms with Gasteiger partial charge >= 0.3 is 140 Å². The minimum absolute atomic E-state index is 0. The Labute approximate surface area is 160 Å². The number of hydrogen-bond acceptors (Lipinski definition) is 3. The molecule has 0 N–H and O–H groups in total. The maximum absolute atomic E-state index is 8.33. The van der Waals surface area contributed by atoms with Crippen LogP contribution < -0.4 is 151 Å². The quantitative estimate of drug-likeness (QED) is 0.325. The first-order chi connectivity index (χ1) is 1.73. The van der Waals surface area contributed by atoms with Crippen LogP contribution in [0.15, 0.2) is 0 Å². The van der Waals surface area contributed by atoms with Gasteiger partial charge in [-0.05, 0) is 6.16 Å². The summed E-state index contributed by atoms with van der Waals surface area (Å²) in [7, 11) is 0. The molecule has 0 atom stereocenters. The van der Waals surface area contributed by atoms with Crippen LogP contribution in [0, 0.1) is 0 Å². The predicted molar refractivity (Wildman–Crippen MR) is 7.62 cm³/mol. The Balaban J connectivity index is -0.00000000300. The Morgan fingerprint density at radius 2 is 1.12 bits per heavy atom. The second-order valence-corrected chi connectivity index (χ2v) is 0.250. The van der Waals surface area contributed by atoms with Crippen molar-refractivity contribution in [1.82, 2.24) is 0 Å². The zero-order valence-electron chi connectivity index (χ0n) is 7.72. The molecule has 3 nitrogen and oxygen atoms in total. The Kier molecular flexibility index (Phi) is 83.6. The van der Waals surface area contributed by atoms with Gasteiger partial charge in [-0.3, -0.25) is 0 Å². The first-order valence-electron chi connectivity index (χ1n) is 0.612. The van der Waals surface area contributed by atoms with Gasteiger partial charge in [0.1, 0.15) is 0 Å². The van der Waals surface area contributed by atoms with Crippen LogP contribution in [0.5, 0.6) is 0 Å². The van der Waals surface area contributed by atoms with E-state index in [2.05, 4.69) is 0 Å². The van der Waals surface area contributed by atoms with Crippen molar-refractivity contribution in [3.8, 4) is 0 Å². The van der Waals surface area contributed by atoms with Gasteiger partial charge in [0, 0.05) is 0 Å². The molecule has 0 aromatic carbocycles. The van der Waals surface area contributed by atoms with Crippen LogP contribution in [0.1, 0.15) is 2.85 Å². The molecule has 0 aliphatic carbocycles. The van der Waals surface area contributed by atoms with Crippen molar-refractivity contribution in [1.29, 1.82) is 0 Å². The van der Waals surface area contributed by atoms with Crippen molar-refractivity contribution in [2.24, 2.45) is 0 Å². The van der Waals surface area contributed by atoms with Crippen molar-refractivity contribution in [3.05, 3.63) is 0 Å². The minimum atomic E-state index is -2.33. The maximum atomic E-state index is 8.33. The van der Waals surface area contributed by atoms with E-state index in [0.29, 0.717) is 0 Å². The summed E-state index contributed by atoms with van der Waals surface area (Å²) in [6.07, 6.45) is -2.33. The van der Waals surface area contributed by atoms with Gasteiger partial charge in [-0.15, -0.1) is 0 Å². The number of rotatable bonds is 0. The van der Waals surface area contributed by atoms with E-state index in [1.54, 1.807) is 0 Å². The van der Waals surface area contributed by atoms with Gasteiger partial charge in [-0.1, -0.05) is 0 Å². The molecule has 0 saturated heterocycles. The third-order valence-corrected chi connectivity index (χ3v) is 0. The van der Waals surface area contributed by atoms with Gasteiger partial charge in [0.25, 0.3) is 0 Å². The summed E-state index contributed by atoms with van der Waals surface area (Å²) in [6, 6.07) is 0. The fraction of sp³-hybridized carbons (Fsp3) is 0. The molecule has 0 aromatic heterocycles. The van der Waals surface area contributed by atoms with Gasteiger partial charge in [-0.25, -0.2) is 0 Å². The van der Waals surface area contributed by atoms with Crippen molar-refractivity contribution < 1.29 is 158 Å². The van der Waals surface area contributed by atoms with Crippen molar-refractivity contribution in [2.75, 3.05) is 0 Å². The molecule has 0 aliphatic rings. The SMILES string of the molecule is O=C([O-])[O-].[H-].[H-].[K+].[K+].[Li+].[Li+]. The molecule has 0 rings (SSSR count). The average Bonchev–Trinajstić information content (AvgIpc) is 0.811. The molecule has 0 bridgehead atoms. The Hall–Kier alpha value is 3.74. The van der Waals surface area contributed by atoms with E-state index in [4.69, 9.17) is 15.0 Å². The standard InChI is InChI=1S/CH2O3.2K.2Li.2H/c2-1(3)4;;;;;;/h(H2,2,3,4);;;;;;/q;4*+1;2*-1/p-2. The monoisotopic (exact) mass is 154 g/mol. The molecule has 0 fully saturated rings. The summed E-state index contributed by atoms with van der Waals surface area (Å²) < 4.78 is 0. The van der Waals surface area contributed by atoms with E-state index < -0.39 is 6.16 Å². The van der Waals surface area contributed by atoms with Crippen molar-refractivity contribution in [2.45, 2.75) is 0 Å². The average molecular weight is 154 g/mol. The number of carbonyl (C=O) groups is 1. The number of carboxylic acid groups (broad SMARTS) is 2. The summed E-state index contributed by atoms with van der Waals surface area (Å²) in [5.41, 5.74) is 0. The molecule has 0 spiro atoms. The molecule has 0 unspecified atom stereocenters. The third-order valence-electron chi connectivity index (χ3n) is 0. The molecular formula is CH2K2Li2O3. The fourth-order valence-electron chi connectivity index (χ4n) is 0. The van der Waals surface area contributed by atoms with Crippen LogP contribution >= 0.6 is 0 Å². The minimum Gasteiger partial charge on any atom is -1.00 e. The summed E-state index contributed by atoms with van der Waals surface area (Å²) in [5.74, 6) is 0. The second-order valence-electron chi connectivity index (χ2n) is 0.250. The number of hydrogen-bond donors (Lipinski definition) is 0. The van der Waals surface area contributed by atoms with E-state index in [1.165, 1.54) is 0 Å². The summed E-state index contributed by atoms with van der Waals surface area (Å²) >= 11 is 0. The molecule has 7 heteroatoms. The van der Waals surface area contributed by atoms with Gasteiger partial charge in [0.15, 0.2) is 0 Å². The van der Waals surface area contributed by atoms with E-state index in [1.807, 2.05) is 0 Å². The van der Waals surface area contributed by atoms with E-state index in [9.17, 15) is 0 Å². The zero-order chi connectivity index (χ0) is 3.58. The van der Waals surface area contributed by atoms with Gasteiger partial charge in [0.05, 0.1) is 0 Å². The van der Waals surface area contributed by atoms with Gasteiger partial charge in [0.2, 0.25) is 0 Å². The summed E-state index contributed by atoms with van der Waals surface area (Å²) in [4.78, 5) is 8.33.